The summed E-state index contributed by atoms with van der Waals surface area (Å²) in [5.41, 5.74) is 2.50. The van der Waals surface area contributed by atoms with Crippen LogP contribution in [0.25, 0.3) is 0 Å². The zero-order valence-corrected chi connectivity index (χ0v) is 22.3. The van der Waals surface area contributed by atoms with E-state index in [1.54, 1.807) is 6.07 Å². The zero-order chi connectivity index (χ0) is 27.1. The monoisotopic (exact) mass is 532 g/mol. The van der Waals surface area contributed by atoms with Gasteiger partial charge >= 0.3 is 5.97 Å². The third-order valence-corrected chi connectivity index (χ3v) is 6.66. The Hall–Kier alpha value is -2.97. The fraction of sp³-hybridized carbons (Fsp3) is 0.464. The summed E-state index contributed by atoms with van der Waals surface area (Å²) in [6.45, 7) is 7.62. The van der Waals surface area contributed by atoms with E-state index in [1.165, 1.54) is 17.0 Å². The molecule has 1 fully saturated rings. The molecule has 1 N–H and O–H groups in total. The number of carboxylic acids is 1. The van der Waals surface area contributed by atoms with E-state index in [0.29, 0.717) is 30.8 Å². The molecule has 7 nitrogen and oxygen atoms in total. The van der Waals surface area contributed by atoms with E-state index in [0.717, 1.165) is 11.1 Å². The third-order valence-electron chi connectivity index (χ3n) is 6.36. The number of imide groups is 1. The van der Waals surface area contributed by atoms with E-state index in [-0.39, 0.29) is 55.2 Å². The lowest BCUT2D eigenvalue weighted by Gasteiger charge is -2.33. The highest BCUT2D eigenvalue weighted by Gasteiger charge is 2.28. The number of nitrogens with zero attached hydrogens (tertiary/aromatic N) is 2. The van der Waals surface area contributed by atoms with Crippen molar-refractivity contribution < 1.29 is 28.6 Å². The average Bonchev–Trinajstić information content (AvgIpc) is 3.16. The highest BCUT2D eigenvalue weighted by Crippen LogP contribution is 2.31. The number of halogens is 2. The summed E-state index contributed by atoms with van der Waals surface area (Å²) < 4.78 is 20.2. The maximum absolute atomic E-state index is 14.3. The largest absolute Gasteiger partial charge is 0.491 e. The number of aliphatic carboxylic acids is 1. The molecule has 1 aliphatic rings. The fourth-order valence-corrected chi connectivity index (χ4v) is 4.73. The maximum atomic E-state index is 14.3. The van der Waals surface area contributed by atoms with Crippen molar-refractivity contribution in [2.24, 2.45) is 5.92 Å². The number of likely N-dealkylation sites (tertiary alicyclic amines) is 1. The molecule has 2 aromatic carbocycles. The number of hydrogen-bond donors (Lipinski definition) is 1. The molecule has 0 spiro atoms. The molecule has 3 rings (SSSR count). The number of carbonyl (C=O) groups excluding carboxylic acids is 2. The topological polar surface area (TPSA) is 87.2 Å². The van der Waals surface area contributed by atoms with E-state index in [1.807, 2.05) is 25.1 Å². The van der Waals surface area contributed by atoms with Crippen LogP contribution in [0.5, 0.6) is 5.75 Å². The number of amides is 2. The first-order valence-corrected chi connectivity index (χ1v) is 12.9. The summed E-state index contributed by atoms with van der Waals surface area (Å²) in [4.78, 5) is 38.7. The van der Waals surface area contributed by atoms with Gasteiger partial charge in [0.05, 0.1) is 18.0 Å². The minimum absolute atomic E-state index is 0.00475. The highest BCUT2D eigenvalue weighted by molar-refractivity contribution is 6.30. The van der Waals surface area contributed by atoms with Crippen LogP contribution in [-0.2, 0) is 27.3 Å². The van der Waals surface area contributed by atoms with E-state index >= 15 is 0 Å². The summed E-state index contributed by atoms with van der Waals surface area (Å²) in [6.07, 6.45) is 1.04. The summed E-state index contributed by atoms with van der Waals surface area (Å²) in [5.74, 6) is -0.948. The number of benzene rings is 2. The maximum Gasteiger partial charge on any atom is 0.305 e. The van der Waals surface area contributed by atoms with Gasteiger partial charge in [0.15, 0.2) is 0 Å². The molecular formula is C28H34ClFN2O5. The molecular weight excluding hydrogens is 499 g/mol. The Kier molecular flexibility index (Phi) is 10.1. The normalized spacial score (nSPS) is 14.6. The molecule has 0 radical (unpaired) electrons. The van der Waals surface area contributed by atoms with Gasteiger partial charge in [0.2, 0.25) is 11.8 Å². The van der Waals surface area contributed by atoms with E-state index < -0.39 is 17.8 Å². The van der Waals surface area contributed by atoms with Gasteiger partial charge < -0.3 is 9.84 Å². The van der Waals surface area contributed by atoms with Crippen molar-refractivity contribution in [3.05, 3.63) is 63.9 Å². The lowest BCUT2D eigenvalue weighted by atomic mass is 9.98. The lowest BCUT2D eigenvalue weighted by Crippen LogP contribution is -2.33. The van der Waals surface area contributed by atoms with E-state index in [2.05, 4.69) is 18.7 Å². The number of carbonyl (C=O) groups is 3. The molecule has 0 saturated carbocycles. The van der Waals surface area contributed by atoms with Crippen LogP contribution in [-0.4, -0.2) is 52.4 Å². The van der Waals surface area contributed by atoms with Crippen LogP contribution < -0.4 is 4.74 Å². The Morgan fingerprint density at radius 2 is 1.86 bits per heavy atom. The Labute approximate surface area is 222 Å². The second kappa shape index (κ2) is 13.0. The summed E-state index contributed by atoms with van der Waals surface area (Å²) in [7, 11) is 0. The van der Waals surface area contributed by atoms with Crippen LogP contribution >= 0.6 is 11.6 Å². The summed E-state index contributed by atoms with van der Waals surface area (Å²) in [6, 6.07) is 9.72. The first kappa shape index (κ1) is 28.6. The molecule has 1 heterocycles. The number of ether oxygens (including phenoxy) is 1. The molecule has 37 heavy (non-hydrogen) atoms. The van der Waals surface area contributed by atoms with Crippen LogP contribution in [0.15, 0.2) is 36.4 Å². The van der Waals surface area contributed by atoms with Crippen LogP contribution in [0, 0.1) is 11.7 Å². The molecule has 1 saturated heterocycles. The first-order valence-electron chi connectivity index (χ1n) is 12.6. The highest BCUT2D eigenvalue weighted by atomic mass is 35.5. The molecule has 2 aromatic rings. The van der Waals surface area contributed by atoms with Gasteiger partial charge in [0, 0.05) is 32.0 Å². The minimum atomic E-state index is -0.970. The number of carboxylic acid groups (broad SMARTS) is 1. The molecule has 9 heteroatoms. The Morgan fingerprint density at radius 1 is 1.16 bits per heavy atom. The predicted octanol–water partition coefficient (Wildman–Crippen LogP) is 5.24. The van der Waals surface area contributed by atoms with E-state index in [4.69, 9.17) is 16.3 Å². The van der Waals surface area contributed by atoms with Crippen molar-refractivity contribution in [1.29, 1.82) is 0 Å². The molecule has 1 unspecified atom stereocenters. The minimum Gasteiger partial charge on any atom is -0.491 e. The standard InChI is InChI=1S/C28H34ClFN2O5/c1-4-20-13-19(5-8-25(20)37-12-11-32-26(33)9-10-27(32)34)17-31(16-18(2)3)24(15-28(35)36)21-6-7-22(29)23(30)14-21/h5-8,13-14,18,24H,4,9-12,15-17H2,1-3H3,(H,35,36). The van der Waals surface area contributed by atoms with Gasteiger partial charge in [-0.25, -0.2) is 4.39 Å². The SMILES string of the molecule is CCc1cc(CN(CC(C)C)C(CC(=O)O)c2ccc(Cl)c(F)c2)ccc1OCCN1C(=O)CCC1=O. The Bertz CT molecular complexity index is 1120. The van der Waals surface area contributed by atoms with Crippen molar-refractivity contribution in [3.8, 4) is 5.75 Å². The van der Waals surface area contributed by atoms with Gasteiger partial charge in [-0.3, -0.25) is 24.2 Å². The van der Waals surface area contributed by atoms with Crippen LogP contribution in [0.2, 0.25) is 5.02 Å². The predicted molar refractivity (Wildman–Crippen MR) is 139 cm³/mol. The number of hydrogen-bond acceptors (Lipinski definition) is 5. The van der Waals surface area contributed by atoms with Crippen LogP contribution in [0.4, 0.5) is 4.39 Å². The first-order chi connectivity index (χ1) is 17.6. The molecule has 1 aliphatic heterocycles. The molecule has 200 valence electrons. The van der Waals surface area contributed by atoms with Gasteiger partial charge in [-0.15, -0.1) is 0 Å². The van der Waals surface area contributed by atoms with Crippen molar-refractivity contribution in [2.75, 3.05) is 19.7 Å². The van der Waals surface area contributed by atoms with Gasteiger partial charge in [-0.05, 0) is 47.2 Å². The number of aryl methyl sites for hydroxylation is 1. The molecule has 2 amide bonds. The zero-order valence-electron chi connectivity index (χ0n) is 21.5. The second-order valence-electron chi connectivity index (χ2n) is 9.69. The summed E-state index contributed by atoms with van der Waals surface area (Å²) >= 11 is 5.87. The van der Waals surface area contributed by atoms with Crippen molar-refractivity contribution in [2.45, 2.75) is 59.0 Å². The molecule has 0 bridgehead atoms. The van der Waals surface area contributed by atoms with Crippen molar-refractivity contribution in [1.82, 2.24) is 9.80 Å². The Morgan fingerprint density at radius 3 is 2.46 bits per heavy atom. The summed E-state index contributed by atoms with van der Waals surface area (Å²) in [5, 5.41) is 9.62. The smallest absolute Gasteiger partial charge is 0.305 e. The number of rotatable bonds is 13. The quantitative estimate of drug-likeness (QED) is 0.355. The fourth-order valence-electron chi connectivity index (χ4n) is 4.62. The van der Waals surface area contributed by atoms with Crippen LogP contribution in [0.3, 0.4) is 0 Å². The van der Waals surface area contributed by atoms with Gasteiger partial charge in [-0.1, -0.05) is 50.6 Å². The lowest BCUT2D eigenvalue weighted by molar-refractivity contribution is -0.140. The van der Waals surface area contributed by atoms with Gasteiger partial charge in [0.1, 0.15) is 18.2 Å². The van der Waals surface area contributed by atoms with Crippen molar-refractivity contribution >= 4 is 29.4 Å². The second-order valence-corrected chi connectivity index (χ2v) is 10.1. The molecule has 0 aliphatic carbocycles. The van der Waals surface area contributed by atoms with Gasteiger partial charge in [-0.2, -0.15) is 0 Å². The molecule has 0 aromatic heterocycles. The van der Waals surface area contributed by atoms with Crippen LogP contribution in [0.1, 0.15) is 62.8 Å². The van der Waals surface area contributed by atoms with Crippen molar-refractivity contribution in [3.63, 3.8) is 0 Å². The molecule has 1 atom stereocenters. The average molecular weight is 533 g/mol. The van der Waals surface area contributed by atoms with E-state index in [9.17, 15) is 23.9 Å². The van der Waals surface area contributed by atoms with Gasteiger partial charge in [0.25, 0.3) is 0 Å². The third kappa shape index (κ3) is 7.76. The Balaban J connectivity index is 1.79.